The van der Waals surface area contributed by atoms with Gasteiger partial charge in [0.25, 0.3) is 5.91 Å². The van der Waals surface area contributed by atoms with Crippen molar-refractivity contribution < 1.29 is 18.1 Å². The number of nitrogens with zero attached hydrogens (tertiary/aromatic N) is 1. The molecule has 160 valence electrons. The van der Waals surface area contributed by atoms with E-state index >= 15 is 0 Å². The van der Waals surface area contributed by atoms with E-state index in [2.05, 4.69) is 23.5 Å². The highest BCUT2D eigenvalue weighted by atomic mass is 32.2. The van der Waals surface area contributed by atoms with E-state index in [0.29, 0.717) is 32.7 Å². The Morgan fingerprint density at radius 2 is 1.73 bits per heavy atom. The highest BCUT2D eigenvalue weighted by Crippen LogP contribution is 2.29. The monoisotopic (exact) mass is 428 g/mol. The summed E-state index contributed by atoms with van der Waals surface area (Å²) in [5, 5.41) is 3.20. The minimum Gasteiger partial charge on any atom is -0.344 e. The highest BCUT2D eigenvalue weighted by Gasteiger charge is 2.30. The predicted octanol–water partition coefficient (Wildman–Crippen LogP) is 0.911. The molecular formula is C23H30N3O3S+. The summed E-state index contributed by atoms with van der Waals surface area (Å²) in [4.78, 5) is 13.8. The molecule has 1 amide bonds. The van der Waals surface area contributed by atoms with Gasteiger partial charge in [-0.15, -0.1) is 0 Å². The molecule has 2 aromatic rings. The van der Waals surface area contributed by atoms with Gasteiger partial charge >= 0.3 is 0 Å². The Kier molecular flexibility index (Phi) is 6.51. The van der Waals surface area contributed by atoms with Crippen molar-refractivity contribution in [2.75, 3.05) is 32.7 Å². The number of hydrogen-bond acceptors (Lipinski definition) is 3. The van der Waals surface area contributed by atoms with E-state index in [1.165, 1.54) is 11.1 Å². The third-order valence-electron chi connectivity index (χ3n) is 6.13. The molecule has 1 fully saturated rings. The summed E-state index contributed by atoms with van der Waals surface area (Å²) in [6.45, 7) is 2.63. The summed E-state index contributed by atoms with van der Waals surface area (Å²) < 4.78 is 27.0. The first-order valence-electron chi connectivity index (χ1n) is 10.7. The van der Waals surface area contributed by atoms with Crippen LogP contribution in [0.1, 0.15) is 35.6 Å². The maximum atomic E-state index is 12.7. The number of carbonyl (C=O) groups excluding carboxylic acids is 1. The minimum absolute atomic E-state index is 0.0325. The molecule has 2 aromatic carbocycles. The molecule has 2 N–H and O–H groups in total. The van der Waals surface area contributed by atoms with Crippen molar-refractivity contribution in [2.45, 2.75) is 31.1 Å². The van der Waals surface area contributed by atoms with Crippen LogP contribution in [0.25, 0.3) is 0 Å². The number of hydrogen-bond donors (Lipinski definition) is 2. The summed E-state index contributed by atoms with van der Waals surface area (Å²) in [6.07, 6.45) is 3.14. The molecule has 30 heavy (non-hydrogen) atoms. The van der Waals surface area contributed by atoms with Crippen LogP contribution in [0.3, 0.4) is 0 Å². The lowest BCUT2D eigenvalue weighted by molar-refractivity contribution is -0.895. The van der Waals surface area contributed by atoms with Gasteiger partial charge in [0, 0.05) is 0 Å². The van der Waals surface area contributed by atoms with Gasteiger partial charge in [-0.2, -0.15) is 4.31 Å². The van der Waals surface area contributed by atoms with Crippen molar-refractivity contribution >= 4 is 15.9 Å². The average molecular weight is 429 g/mol. The summed E-state index contributed by atoms with van der Waals surface area (Å²) in [5.74, 6) is 0.0809. The van der Waals surface area contributed by atoms with Crippen LogP contribution in [0.15, 0.2) is 54.6 Å². The van der Waals surface area contributed by atoms with Crippen LogP contribution in [0, 0.1) is 0 Å². The van der Waals surface area contributed by atoms with E-state index in [9.17, 15) is 13.2 Å². The molecule has 0 aromatic heterocycles. The second-order valence-corrected chi connectivity index (χ2v) is 10.2. The number of benzene rings is 2. The Hall–Kier alpha value is -2.22. The number of amides is 1. The fraction of sp³-hybridized carbons (Fsp3) is 0.435. The van der Waals surface area contributed by atoms with Crippen molar-refractivity contribution in [2.24, 2.45) is 0 Å². The topological polar surface area (TPSA) is 70.9 Å². The highest BCUT2D eigenvalue weighted by molar-refractivity contribution is 7.88. The number of piperazine rings is 1. The number of rotatable bonds is 6. The SMILES string of the molecule is O=C(C[NH+]1CCN(S(=O)(=O)Cc2ccccc2)CC1)N[C@@H]1CCCc2ccccc21. The van der Waals surface area contributed by atoms with Gasteiger partial charge in [0.1, 0.15) is 0 Å². The number of sulfonamides is 1. The molecule has 1 saturated heterocycles. The molecule has 0 bridgehead atoms. The Morgan fingerprint density at radius 1 is 1.03 bits per heavy atom. The number of nitrogens with one attached hydrogen (secondary N) is 2. The summed E-state index contributed by atoms with van der Waals surface area (Å²) in [7, 11) is -3.32. The summed E-state index contributed by atoms with van der Waals surface area (Å²) in [5.41, 5.74) is 3.38. The second kappa shape index (κ2) is 9.29. The third-order valence-corrected chi connectivity index (χ3v) is 7.98. The molecular weight excluding hydrogens is 398 g/mol. The quantitative estimate of drug-likeness (QED) is 0.719. The Morgan fingerprint density at radius 3 is 2.50 bits per heavy atom. The van der Waals surface area contributed by atoms with Crippen molar-refractivity contribution in [1.29, 1.82) is 0 Å². The van der Waals surface area contributed by atoms with Gasteiger partial charge in [0.2, 0.25) is 10.0 Å². The summed E-state index contributed by atoms with van der Waals surface area (Å²) >= 11 is 0. The fourth-order valence-corrected chi connectivity index (χ4v) is 6.04. The van der Waals surface area contributed by atoms with E-state index in [0.717, 1.165) is 29.7 Å². The fourth-order valence-electron chi connectivity index (χ4n) is 4.51. The number of aryl methyl sites for hydroxylation is 1. The van der Waals surface area contributed by atoms with Crippen LogP contribution in [0.2, 0.25) is 0 Å². The molecule has 0 saturated carbocycles. The molecule has 0 unspecified atom stereocenters. The van der Waals surface area contributed by atoms with Gasteiger partial charge in [-0.05, 0) is 36.0 Å². The lowest BCUT2D eigenvalue weighted by Crippen LogP contribution is -3.15. The Labute approximate surface area is 178 Å². The van der Waals surface area contributed by atoms with Gasteiger partial charge in [0.05, 0.1) is 38.0 Å². The zero-order valence-electron chi connectivity index (χ0n) is 17.2. The van der Waals surface area contributed by atoms with E-state index in [1.54, 1.807) is 4.31 Å². The Bertz CT molecular complexity index is 970. The molecule has 1 aliphatic heterocycles. The van der Waals surface area contributed by atoms with Crippen molar-refractivity contribution in [3.8, 4) is 0 Å². The predicted molar refractivity (Wildman–Crippen MR) is 116 cm³/mol. The van der Waals surface area contributed by atoms with Crippen LogP contribution in [0.5, 0.6) is 0 Å². The number of fused-ring (bicyclic) bond motifs is 1. The van der Waals surface area contributed by atoms with Crippen molar-refractivity contribution in [1.82, 2.24) is 9.62 Å². The largest absolute Gasteiger partial charge is 0.344 e. The standard InChI is InChI=1S/C23H29N3O3S/c27-23(24-22-12-6-10-20-9-4-5-11-21(20)22)17-25-13-15-26(16-14-25)30(28,29)18-19-7-2-1-3-8-19/h1-5,7-9,11,22H,6,10,12-18H2,(H,24,27)/p+1/t22-/m1/s1. The number of quaternary nitrogens is 1. The lowest BCUT2D eigenvalue weighted by atomic mass is 9.88. The van der Waals surface area contributed by atoms with Gasteiger partial charge in [0.15, 0.2) is 6.54 Å². The van der Waals surface area contributed by atoms with Gasteiger partial charge < -0.3 is 10.2 Å². The summed E-state index contributed by atoms with van der Waals surface area (Å²) in [6, 6.07) is 17.7. The first kappa shape index (κ1) is 21.0. The molecule has 2 aliphatic rings. The van der Waals surface area contributed by atoms with Gasteiger partial charge in [-0.3, -0.25) is 4.79 Å². The molecule has 1 heterocycles. The van der Waals surface area contributed by atoms with E-state index in [1.807, 2.05) is 36.4 Å². The molecule has 1 aliphatic carbocycles. The van der Waals surface area contributed by atoms with Crippen LogP contribution in [0.4, 0.5) is 0 Å². The van der Waals surface area contributed by atoms with Crippen LogP contribution in [-0.2, 0) is 27.0 Å². The first-order chi connectivity index (χ1) is 14.5. The first-order valence-corrected chi connectivity index (χ1v) is 12.3. The van der Waals surface area contributed by atoms with E-state index in [4.69, 9.17) is 0 Å². The molecule has 6 nitrogen and oxygen atoms in total. The van der Waals surface area contributed by atoms with E-state index < -0.39 is 10.0 Å². The second-order valence-electron chi connectivity index (χ2n) is 8.28. The lowest BCUT2D eigenvalue weighted by Gasteiger charge is -2.32. The zero-order valence-corrected chi connectivity index (χ0v) is 18.0. The van der Waals surface area contributed by atoms with Crippen molar-refractivity contribution in [3.05, 3.63) is 71.3 Å². The van der Waals surface area contributed by atoms with Crippen LogP contribution < -0.4 is 10.2 Å². The van der Waals surface area contributed by atoms with Gasteiger partial charge in [-0.1, -0.05) is 54.6 Å². The molecule has 0 spiro atoms. The molecule has 4 rings (SSSR count). The van der Waals surface area contributed by atoms with Crippen LogP contribution in [-0.4, -0.2) is 51.4 Å². The maximum absolute atomic E-state index is 12.7. The number of carbonyl (C=O) groups is 1. The average Bonchev–Trinajstić information content (AvgIpc) is 2.75. The van der Waals surface area contributed by atoms with E-state index in [-0.39, 0.29) is 17.7 Å². The minimum atomic E-state index is -3.32. The smallest absolute Gasteiger partial charge is 0.275 e. The maximum Gasteiger partial charge on any atom is 0.275 e. The molecule has 0 radical (unpaired) electrons. The normalized spacial score (nSPS) is 20.5. The molecule has 1 atom stereocenters. The third kappa shape index (κ3) is 5.09. The van der Waals surface area contributed by atoms with Crippen molar-refractivity contribution in [3.63, 3.8) is 0 Å². The zero-order chi connectivity index (χ0) is 21.0. The van der Waals surface area contributed by atoms with Gasteiger partial charge in [-0.25, -0.2) is 8.42 Å². The van der Waals surface area contributed by atoms with Crippen LogP contribution >= 0.6 is 0 Å². The molecule has 7 heteroatoms. The Balaban J connectivity index is 1.27.